The number of nitrogens with one attached hydrogen (secondary N) is 2. The molecule has 7 nitrogen and oxygen atoms in total. The second-order valence-corrected chi connectivity index (χ2v) is 7.76. The van der Waals surface area contributed by atoms with Gasteiger partial charge in [-0.1, -0.05) is 37.1 Å². The molecule has 0 bridgehead atoms. The Balaban J connectivity index is 1.64. The van der Waals surface area contributed by atoms with Gasteiger partial charge >= 0.3 is 0 Å². The van der Waals surface area contributed by atoms with Crippen molar-refractivity contribution in [2.24, 2.45) is 0 Å². The highest BCUT2D eigenvalue weighted by Crippen LogP contribution is 2.35. The Hall–Kier alpha value is -3.32. The average Bonchev–Trinajstić information content (AvgIpc) is 3.23. The molecule has 1 aliphatic heterocycles. The zero-order valence-corrected chi connectivity index (χ0v) is 18.2. The average molecular weight is 438 g/mol. The van der Waals surface area contributed by atoms with Gasteiger partial charge in [-0.2, -0.15) is 10.1 Å². The normalized spacial score (nSPS) is 15.3. The van der Waals surface area contributed by atoms with Crippen LogP contribution in [0.1, 0.15) is 38.3 Å². The minimum atomic E-state index is -0.421. The lowest BCUT2D eigenvalue weighted by atomic mass is 9.95. The summed E-state index contributed by atoms with van der Waals surface area (Å²) in [6.07, 6.45) is 3.57. The summed E-state index contributed by atoms with van der Waals surface area (Å²) in [5.74, 6) is 1.17. The number of anilines is 2. The van der Waals surface area contributed by atoms with E-state index >= 15 is 0 Å². The Morgan fingerprint density at radius 1 is 1.19 bits per heavy atom. The number of aromatic nitrogens is 3. The van der Waals surface area contributed by atoms with Gasteiger partial charge < -0.3 is 15.4 Å². The van der Waals surface area contributed by atoms with E-state index in [0.29, 0.717) is 28.8 Å². The topological polar surface area (TPSA) is 81.1 Å². The highest BCUT2D eigenvalue weighted by Gasteiger charge is 2.33. The molecule has 2 heterocycles. The summed E-state index contributed by atoms with van der Waals surface area (Å²) < 4.78 is 7.50. The number of hydrogen-bond acceptors (Lipinski definition) is 5. The van der Waals surface area contributed by atoms with E-state index in [9.17, 15) is 4.79 Å². The van der Waals surface area contributed by atoms with Crippen molar-refractivity contribution in [1.29, 1.82) is 0 Å². The lowest BCUT2D eigenvalue weighted by Crippen LogP contribution is -2.31. The van der Waals surface area contributed by atoms with Gasteiger partial charge in [0.05, 0.1) is 12.2 Å². The van der Waals surface area contributed by atoms with Crippen LogP contribution in [-0.4, -0.2) is 27.3 Å². The van der Waals surface area contributed by atoms with Gasteiger partial charge in [0.15, 0.2) is 0 Å². The molecule has 8 heteroatoms. The van der Waals surface area contributed by atoms with Gasteiger partial charge in [-0.15, -0.1) is 0 Å². The van der Waals surface area contributed by atoms with E-state index in [-0.39, 0.29) is 5.91 Å². The van der Waals surface area contributed by atoms with Gasteiger partial charge in [0.25, 0.3) is 5.91 Å². The fourth-order valence-corrected chi connectivity index (χ4v) is 3.63. The largest absolute Gasteiger partial charge is 0.494 e. The molecule has 0 aliphatic carbocycles. The highest BCUT2D eigenvalue weighted by molar-refractivity contribution is 6.30. The van der Waals surface area contributed by atoms with Gasteiger partial charge in [0.2, 0.25) is 5.95 Å². The van der Waals surface area contributed by atoms with Crippen molar-refractivity contribution >= 4 is 29.1 Å². The van der Waals surface area contributed by atoms with Crippen molar-refractivity contribution in [3.8, 4) is 5.75 Å². The molecule has 0 spiro atoms. The van der Waals surface area contributed by atoms with Crippen LogP contribution < -0.4 is 15.4 Å². The van der Waals surface area contributed by atoms with Crippen LogP contribution >= 0.6 is 11.6 Å². The number of amides is 1. The number of hydrogen-bond donors (Lipinski definition) is 2. The molecule has 1 atom stereocenters. The maximum atomic E-state index is 13.3. The van der Waals surface area contributed by atoms with E-state index < -0.39 is 6.04 Å². The van der Waals surface area contributed by atoms with Gasteiger partial charge in [0.1, 0.15) is 18.1 Å². The Morgan fingerprint density at radius 2 is 1.94 bits per heavy atom. The van der Waals surface area contributed by atoms with Crippen molar-refractivity contribution in [3.05, 3.63) is 76.7 Å². The zero-order valence-electron chi connectivity index (χ0n) is 17.4. The van der Waals surface area contributed by atoms with Crippen LogP contribution in [0.25, 0.3) is 0 Å². The van der Waals surface area contributed by atoms with Crippen molar-refractivity contribution in [3.63, 3.8) is 0 Å². The molecule has 0 saturated heterocycles. The number of ether oxygens (including phenoxy) is 1. The first kappa shape index (κ1) is 20.9. The van der Waals surface area contributed by atoms with E-state index in [1.54, 1.807) is 28.9 Å². The number of rotatable bonds is 7. The van der Waals surface area contributed by atoms with Crippen molar-refractivity contribution in [2.75, 3.05) is 17.2 Å². The number of carbonyl (C=O) groups excluding carboxylic acids is 1. The third kappa shape index (κ3) is 4.56. The van der Waals surface area contributed by atoms with E-state index in [1.807, 2.05) is 31.2 Å². The number of fused-ring (bicyclic) bond motifs is 1. The van der Waals surface area contributed by atoms with Crippen molar-refractivity contribution in [2.45, 2.75) is 32.7 Å². The van der Waals surface area contributed by atoms with Gasteiger partial charge in [0, 0.05) is 16.4 Å². The summed E-state index contributed by atoms with van der Waals surface area (Å²) in [5, 5.41) is 11.1. The maximum Gasteiger partial charge on any atom is 0.255 e. The van der Waals surface area contributed by atoms with Crippen LogP contribution in [0.3, 0.4) is 0 Å². The summed E-state index contributed by atoms with van der Waals surface area (Å²) in [7, 11) is 0. The van der Waals surface area contributed by atoms with Crippen LogP contribution in [0, 0.1) is 0 Å². The molecular weight excluding hydrogens is 414 g/mol. The maximum absolute atomic E-state index is 13.3. The molecule has 2 N–H and O–H groups in total. The van der Waals surface area contributed by atoms with Crippen LogP contribution in [0.15, 0.2) is 66.1 Å². The lowest BCUT2D eigenvalue weighted by molar-refractivity contribution is -0.113. The van der Waals surface area contributed by atoms with Crippen LogP contribution in [0.2, 0.25) is 5.02 Å². The lowest BCUT2D eigenvalue weighted by Gasteiger charge is -2.28. The second-order valence-electron chi connectivity index (χ2n) is 7.33. The Labute approximate surface area is 186 Å². The SMILES string of the molecule is CCCCOc1ccc([C@H]2C(C(=O)Nc3ccc(Cl)cc3)=C(C)Nc3ncnn32)cc1. The van der Waals surface area contributed by atoms with E-state index in [4.69, 9.17) is 16.3 Å². The number of nitrogens with zero attached hydrogens (tertiary/aromatic N) is 3. The minimum absolute atomic E-state index is 0.221. The second kappa shape index (κ2) is 9.22. The van der Waals surface area contributed by atoms with Gasteiger partial charge in [-0.25, -0.2) is 4.68 Å². The predicted octanol–water partition coefficient (Wildman–Crippen LogP) is 5.04. The molecule has 4 rings (SSSR count). The summed E-state index contributed by atoms with van der Waals surface area (Å²) >= 11 is 5.96. The third-order valence-corrected chi connectivity index (χ3v) is 5.36. The van der Waals surface area contributed by atoms with Crippen LogP contribution in [-0.2, 0) is 4.79 Å². The molecule has 160 valence electrons. The quantitative estimate of drug-likeness (QED) is 0.506. The molecule has 3 aromatic rings. The predicted molar refractivity (Wildman–Crippen MR) is 121 cm³/mol. The summed E-state index contributed by atoms with van der Waals surface area (Å²) in [4.78, 5) is 17.6. The van der Waals surface area contributed by atoms with Crippen molar-refractivity contribution < 1.29 is 9.53 Å². The monoisotopic (exact) mass is 437 g/mol. The first-order valence-electron chi connectivity index (χ1n) is 10.2. The van der Waals surface area contributed by atoms with E-state index in [2.05, 4.69) is 27.6 Å². The molecular formula is C23H24ClN5O2. The summed E-state index contributed by atoms with van der Waals surface area (Å²) in [6.45, 7) is 4.68. The molecule has 0 saturated carbocycles. The number of carbonyl (C=O) groups is 1. The number of allylic oxidation sites excluding steroid dienone is 1. The van der Waals surface area contributed by atoms with Crippen LogP contribution in [0.5, 0.6) is 5.75 Å². The smallest absolute Gasteiger partial charge is 0.255 e. The molecule has 0 radical (unpaired) electrons. The first-order chi connectivity index (χ1) is 15.1. The van der Waals surface area contributed by atoms with E-state index in [1.165, 1.54) is 6.33 Å². The number of halogens is 1. The number of unbranched alkanes of at least 4 members (excludes halogenated alkanes) is 1. The highest BCUT2D eigenvalue weighted by atomic mass is 35.5. The van der Waals surface area contributed by atoms with E-state index in [0.717, 1.165) is 29.9 Å². The molecule has 1 aromatic heterocycles. The van der Waals surface area contributed by atoms with Gasteiger partial charge in [-0.05, 0) is 55.3 Å². The molecule has 0 unspecified atom stereocenters. The zero-order chi connectivity index (χ0) is 21.8. The van der Waals surface area contributed by atoms with Crippen LogP contribution in [0.4, 0.5) is 11.6 Å². The van der Waals surface area contributed by atoms with Crippen molar-refractivity contribution in [1.82, 2.24) is 14.8 Å². The molecule has 1 aliphatic rings. The molecule has 1 amide bonds. The molecule has 2 aromatic carbocycles. The fourth-order valence-electron chi connectivity index (χ4n) is 3.51. The molecule has 0 fully saturated rings. The van der Waals surface area contributed by atoms with Gasteiger partial charge in [-0.3, -0.25) is 4.79 Å². The Kier molecular flexibility index (Phi) is 6.23. The standard InChI is InChI=1S/C23H24ClN5O2/c1-3-4-13-31-19-11-5-16(6-12-19)21-20(15(2)27-23-25-14-26-29(21)23)22(30)28-18-9-7-17(24)8-10-18/h5-12,14,21H,3-4,13H2,1-2H3,(H,28,30)(H,25,26,27)/t21-/m0/s1. The number of benzene rings is 2. The summed E-state index contributed by atoms with van der Waals surface area (Å²) in [6, 6.07) is 14.4. The Morgan fingerprint density at radius 3 is 2.65 bits per heavy atom. The fraction of sp³-hybridized carbons (Fsp3) is 0.261. The first-order valence-corrected chi connectivity index (χ1v) is 10.6. The Bertz CT molecular complexity index is 1090. The summed E-state index contributed by atoms with van der Waals surface area (Å²) in [5.41, 5.74) is 2.86. The molecule has 31 heavy (non-hydrogen) atoms. The third-order valence-electron chi connectivity index (χ3n) is 5.10. The minimum Gasteiger partial charge on any atom is -0.494 e.